The molecule has 2 aromatic carbocycles. The Morgan fingerprint density at radius 2 is 1.92 bits per heavy atom. The molecule has 0 saturated carbocycles. The number of carbonyl (C=O) groups is 1. The summed E-state index contributed by atoms with van der Waals surface area (Å²) in [6.07, 6.45) is 1.86. The van der Waals surface area contributed by atoms with Crippen LogP contribution in [0.3, 0.4) is 0 Å². The van der Waals surface area contributed by atoms with Crippen LogP contribution in [0.4, 0.5) is 19.3 Å². The van der Waals surface area contributed by atoms with Crippen molar-refractivity contribution in [2.24, 2.45) is 0 Å². The van der Waals surface area contributed by atoms with Crippen LogP contribution in [0.15, 0.2) is 60.8 Å². The topological polar surface area (TPSA) is 46.1 Å². The predicted octanol–water partition coefficient (Wildman–Crippen LogP) is 4.79. The number of urea groups is 1. The van der Waals surface area contributed by atoms with E-state index in [2.05, 4.69) is 10.6 Å². The fourth-order valence-electron chi connectivity index (χ4n) is 2.52. The third-order valence-electron chi connectivity index (χ3n) is 3.77. The number of amides is 2. The number of nitrogens with one attached hydrogen (secondary N) is 2. The van der Waals surface area contributed by atoms with Crippen molar-refractivity contribution in [3.05, 3.63) is 88.7 Å². The number of anilines is 1. The summed E-state index contributed by atoms with van der Waals surface area (Å²) in [5, 5.41) is 5.25. The lowest BCUT2D eigenvalue weighted by atomic mass is 10.2. The van der Waals surface area contributed by atoms with Crippen molar-refractivity contribution in [3.8, 4) is 0 Å². The van der Waals surface area contributed by atoms with Gasteiger partial charge in [0.05, 0.1) is 11.6 Å². The van der Waals surface area contributed by atoms with Crippen molar-refractivity contribution in [1.29, 1.82) is 0 Å². The Balaban J connectivity index is 1.59. The van der Waals surface area contributed by atoms with Gasteiger partial charge in [-0.25, -0.2) is 13.6 Å². The molecular formula is C19H16ClF2N3O. The number of carbonyl (C=O) groups excluding carboxylic acids is 1. The molecule has 7 heteroatoms. The highest BCUT2D eigenvalue weighted by Gasteiger charge is 2.07. The third kappa shape index (κ3) is 4.61. The lowest BCUT2D eigenvalue weighted by molar-refractivity contribution is 0.251. The largest absolute Gasteiger partial charge is 0.345 e. The highest BCUT2D eigenvalue weighted by Crippen LogP contribution is 2.19. The number of hydrogen-bond donors (Lipinski definition) is 2. The number of aromatic nitrogens is 1. The summed E-state index contributed by atoms with van der Waals surface area (Å²) in [5.74, 6) is -0.834. The van der Waals surface area contributed by atoms with E-state index in [1.807, 2.05) is 29.0 Å². The van der Waals surface area contributed by atoms with E-state index in [9.17, 15) is 13.6 Å². The van der Waals surface area contributed by atoms with Crippen LogP contribution < -0.4 is 10.6 Å². The van der Waals surface area contributed by atoms with E-state index in [4.69, 9.17) is 11.6 Å². The van der Waals surface area contributed by atoms with Crippen molar-refractivity contribution in [2.45, 2.75) is 13.1 Å². The molecule has 0 radical (unpaired) electrons. The lowest BCUT2D eigenvalue weighted by Crippen LogP contribution is -2.29. The lowest BCUT2D eigenvalue weighted by Gasteiger charge is -2.12. The quantitative estimate of drug-likeness (QED) is 0.661. The minimum Gasteiger partial charge on any atom is -0.345 e. The van der Waals surface area contributed by atoms with Gasteiger partial charge in [0.25, 0.3) is 0 Å². The SMILES string of the molecule is O=C(NCc1cccn1Cc1cccc(F)c1)Nc1ccc(F)c(Cl)c1. The van der Waals surface area contributed by atoms with E-state index in [0.29, 0.717) is 12.2 Å². The van der Waals surface area contributed by atoms with Crippen LogP contribution in [0.25, 0.3) is 0 Å². The average molecular weight is 376 g/mol. The molecule has 2 N–H and O–H groups in total. The van der Waals surface area contributed by atoms with Gasteiger partial charge in [0.2, 0.25) is 0 Å². The Bertz CT molecular complexity index is 927. The van der Waals surface area contributed by atoms with Gasteiger partial charge in [0, 0.05) is 24.1 Å². The molecule has 3 aromatic rings. The van der Waals surface area contributed by atoms with Crippen LogP contribution >= 0.6 is 11.6 Å². The smallest absolute Gasteiger partial charge is 0.319 e. The van der Waals surface area contributed by atoms with Crippen LogP contribution in [-0.2, 0) is 13.1 Å². The second-order valence-corrected chi connectivity index (χ2v) is 6.10. The van der Waals surface area contributed by atoms with Gasteiger partial charge in [-0.15, -0.1) is 0 Å². The van der Waals surface area contributed by atoms with E-state index < -0.39 is 11.8 Å². The van der Waals surface area contributed by atoms with E-state index >= 15 is 0 Å². The molecule has 0 aliphatic rings. The molecule has 0 saturated heterocycles. The first-order valence-electron chi connectivity index (χ1n) is 7.89. The maximum absolute atomic E-state index is 13.3. The van der Waals surface area contributed by atoms with Gasteiger partial charge >= 0.3 is 6.03 Å². The molecule has 0 fully saturated rings. The van der Waals surface area contributed by atoms with Gasteiger partial charge in [-0.1, -0.05) is 23.7 Å². The summed E-state index contributed by atoms with van der Waals surface area (Å²) in [7, 11) is 0. The first kappa shape index (κ1) is 17.9. The Morgan fingerprint density at radius 1 is 1.08 bits per heavy atom. The standard InChI is InChI=1S/C19H16ClF2N3O/c20-17-10-15(6-7-18(17)22)24-19(26)23-11-16-5-2-8-25(16)12-13-3-1-4-14(21)9-13/h1-10H,11-12H2,(H2,23,24,26). The number of hydrogen-bond acceptors (Lipinski definition) is 1. The molecule has 0 unspecified atom stereocenters. The van der Waals surface area contributed by atoms with E-state index in [0.717, 1.165) is 11.3 Å². The Morgan fingerprint density at radius 3 is 2.69 bits per heavy atom. The summed E-state index contributed by atoms with van der Waals surface area (Å²) in [6.45, 7) is 0.778. The van der Waals surface area contributed by atoms with Crippen molar-refractivity contribution in [3.63, 3.8) is 0 Å². The molecule has 0 atom stereocenters. The maximum atomic E-state index is 13.3. The molecule has 0 aliphatic carbocycles. The zero-order valence-electron chi connectivity index (χ0n) is 13.7. The van der Waals surface area contributed by atoms with Crippen LogP contribution in [0, 0.1) is 11.6 Å². The monoisotopic (exact) mass is 375 g/mol. The third-order valence-corrected chi connectivity index (χ3v) is 4.06. The van der Waals surface area contributed by atoms with Crippen molar-refractivity contribution in [2.75, 3.05) is 5.32 Å². The van der Waals surface area contributed by atoms with Crippen molar-refractivity contribution in [1.82, 2.24) is 9.88 Å². The van der Waals surface area contributed by atoms with Crippen LogP contribution in [0.5, 0.6) is 0 Å². The molecule has 0 aliphatic heterocycles. The molecule has 1 heterocycles. The molecule has 2 amide bonds. The van der Waals surface area contributed by atoms with Crippen LogP contribution in [0.1, 0.15) is 11.3 Å². The highest BCUT2D eigenvalue weighted by molar-refractivity contribution is 6.31. The van der Waals surface area contributed by atoms with Gasteiger partial charge in [-0.2, -0.15) is 0 Å². The number of nitrogens with zero attached hydrogens (tertiary/aromatic N) is 1. The Hall–Kier alpha value is -2.86. The fraction of sp³-hybridized carbons (Fsp3) is 0.105. The molecule has 0 bridgehead atoms. The van der Waals surface area contributed by atoms with Gasteiger partial charge < -0.3 is 15.2 Å². The molecule has 26 heavy (non-hydrogen) atoms. The molecular weight excluding hydrogens is 360 g/mol. The minimum absolute atomic E-state index is 0.0632. The zero-order chi connectivity index (χ0) is 18.5. The molecule has 134 valence electrons. The van der Waals surface area contributed by atoms with Gasteiger partial charge in [0.15, 0.2) is 0 Å². The average Bonchev–Trinajstić information content (AvgIpc) is 3.03. The van der Waals surface area contributed by atoms with Crippen molar-refractivity contribution < 1.29 is 13.6 Å². The van der Waals surface area contributed by atoms with Crippen LogP contribution in [-0.4, -0.2) is 10.6 Å². The second-order valence-electron chi connectivity index (χ2n) is 5.69. The molecule has 0 spiro atoms. The summed E-state index contributed by atoms with van der Waals surface area (Å²) in [6, 6.07) is 13.6. The summed E-state index contributed by atoms with van der Waals surface area (Å²) in [4.78, 5) is 12.0. The predicted molar refractivity (Wildman–Crippen MR) is 97.2 cm³/mol. The maximum Gasteiger partial charge on any atom is 0.319 e. The molecule has 3 rings (SSSR count). The zero-order valence-corrected chi connectivity index (χ0v) is 14.4. The normalized spacial score (nSPS) is 10.6. The second kappa shape index (κ2) is 8.01. The van der Waals surface area contributed by atoms with E-state index in [-0.39, 0.29) is 17.4 Å². The van der Waals surface area contributed by atoms with Crippen molar-refractivity contribution >= 4 is 23.3 Å². The number of halogens is 3. The first-order chi connectivity index (χ1) is 12.5. The fourth-order valence-corrected chi connectivity index (χ4v) is 2.70. The highest BCUT2D eigenvalue weighted by atomic mass is 35.5. The Kier molecular flexibility index (Phi) is 5.53. The summed E-state index contributed by atoms with van der Waals surface area (Å²) >= 11 is 5.69. The summed E-state index contributed by atoms with van der Waals surface area (Å²) < 4.78 is 28.4. The Labute approximate surface area is 154 Å². The molecule has 1 aromatic heterocycles. The van der Waals surface area contributed by atoms with Gasteiger partial charge in [0.1, 0.15) is 11.6 Å². The van der Waals surface area contributed by atoms with E-state index in [1.165, 1.54) is 30.3 Å². The summed E-state index contributed by atoms with van der Waals surface area (Å²) in [5.41, 5.74) is 2.08. The van der Waals surface area contributed by atoms with Gasteiger partial charge in [-0.05, 0) is 48.0 Å². The number of rotatable bonds is 5. The number of benzene rings is 2. The minimum atomic E-state index is -0.548. The molecule has 4 nitrogen and oxygen atoms in total. The van der Waals surface area contributed by atoms with Gasteiger partial charge in [-0.3, -0.25) is 0 Å². The first-order valence-corrected chi connectivity index (χ1v) is 8.27. The van der Waals surface area contributed by atoms with Crippen LogP contribution in [0.2, 0.25) is 5.02 Å². The van der Waals surface area contributed by atoms with E-state index in [1.54, 1.807) is 6.07 Å².